The number of para-hydroxylation sites is 1. The molecule has 0 aliphatic heterocycles. The fourth-order valence-corrected chi connectivity index (χ4v) is 4.33. The maximum Gasteiger partial charge on any atom is 0.275 e. The summed E-state index contributed by atoms with van der Waals surface area (Å²) in [6, 6.07) is 24.3. The SMILES string of the molecule is Cc1c(-c2nc3ccc(-c4ccccc4)cc3[nH]c2=O)c2ccccc2n1CCCN. The second kappa shape index (κ2) is 7.85. The highest BCUT2D eigenvalue weighted by Gasteiger charge is 2.19. The highest BCUT2D eigenvalue weighted by atomic mass is 16.1. The van der Waals surface area contributed by atoms with Gasteiger partial charge in [0.25, 0.3) is 5.56 Å². The molecule has 3 aromatic carbocycles. The number of aromatic amines is 1. The van der Waals surface area contributed by atoms with Gasteiger partial charge in [-0.25, -0.2) is 4.98 Å². The van der Waals surface area contributed by atoms with Crippen LogP contribution in [0.2, 0.25) is 0 Å². The van der Waals surface area contributed by atoms with Crippen LogP contribution in [0.3, 0.4) is 0 Å². The normalized spacial score (nSPS) is 11.4. The standard InChI is InChI=1S/C26H24N4O/c1-17-24(20-10-5-6-11-23(20)30(17)15-7-14-27)25-26(31)29-22-16-19(12-13-21(22)28-25)18-8-3-2-4-9-18/h2-6,8-13,16H,7,14-15,27H2,1H3,(H,29,31). The summed E-state index contributed by atoms with van der Waals surface area (Å²) in [5.74, 6) is 0. The van der Waals surface area contributed by atoms with Crippen molar-refractivity contribution in [3.05, 3.63) is 88.8 Å². The van der Waals surface area contributed by atoms with Crippen molar-refractivity contribution in [3.8, 4) is 22.4 Å². The third-order valence-corrected chi connectivity index (χ3v) is 5.85. The van der Waals surface area contributed by atoms with Gasteiger partial charge in [0.05, 0.1) is 11.0 Å². The Bertz CT molecular complexity index is 1450. The summed E-state index contributed by atoms with van der Waals surface area (Å²) in [6.07, 6.45) is 0.878. The topological polar surface area (TPSA) is 76.7 Å². The van der Waals surface area contributed by atoms with Crippen LogP contribution >= 0.6 is 0 Å². The van der Waals surface area contributed by atoms with E-state index in [4.69, 9.17) is 10.7 Å². The predicted molar refractivity (Wildman–Crippen MR) is 127 cm³/mol. The summed E-state index contributed by atoms with van der Waals surface area (Å²) in [5.41, 5.74) is 12.7. The molecule has 0 saturated heterocycles. The number of nitrogens with one attached hydrogen (secondary N) is 1. The molecule has 0 amide bonds. The number of aromatic nitrogens is 3. The van der Waals surface area contributed by atoms with E-state index < -0.39 is 0 Å². The first kappa shape index (κ1) is 19.3. The summed E-state index contributed by atoms with van der Waals surface area (Å²) >= 11 is 0. The Labute approximate surface area is 180 Å². The first-order valence-corrected chi connectivity index (χ1v) is 10.5. The fourth-order valence-electron chi connectivity index (χ4n) is 4.33. The maximum absolute atomic E-state index is 13.2. The molecule has 0 spiro atoms. The van der Waals surface area contributed by atoms with Crippen LogP contribution in [0.25, 0.3) is 44.3 Å². The molecule has 154 valence electrons. The first-order chi connectivity index (χ1) is 15.2. The van der Waals surface area contributed by atoms with Crippen LogP contribution in [0.1, 0.15) is 12.1 Å². The molecule has 3 N–H and O–H groups in total. The van der Waals surface area contributed by atoms with Gasteiger partial charge < -0.3 is 15.3 Å². The molecule has 0 aliphatic rings. The van der Waals surface area contributed by atoms with Crippen LogP contribution in [0.5, 0.6) is 0 Å². The lowest BCUT2D eigenvalue weighted by atomic mass is 10.0. The number of hydrogen-bond acceptors (Lipinski definition) is 3. The van der Waals surface area contributed by atoms with E-state index in [1.54, 1.807) is 0 Å². The molecule has 2 aromatic heterocycles. The lowest BCUT2D eigenvalue weighted by Crippen LogP contribution is -2.12. The van der Waals surface area contributed by atoms with E-state index in [1.165, 1.54) is 0 Å². The molecule has 5 heteroatoms. The van der Waals surface area contributed by atoms with Crippen LogP contribution in [0.4, 0.5) is 0 Å². The molecule has 31 heavy (non-hydrogen) atoms. The van der Waals surface area contributed by atoms with E-state index in [-0.39, 0.29) is 5.56 Å². The van der Waals surface area contributed by atoms with Crippen molar-refractivity contribution in [2.45, 2.75) is 19.9 Å². The number of H-pyrrole nitrogens is 1. The Hall–Kier alpha value is -3.70. The molecular formula is C26H24N4O. The van der Waals surface area contributed by atoms with Crippen LogP contribution < -0.4 is 11.3 Å². The zero-order chi connectivity index (χ0) is 21.4. The van der Waals surface area contributed by atoms with Gasteiger partial charge in [-0.2, -0.15) is 0 Å². The van der Waals surface area contributed by atoms with Gasteiger partial charge >= 0.3 is 0 Å². The van der Waals surface area contributed by atoms with Crippen LogP contribution in [0.15, 0.2) is 77.6 Å². The third-order valence-electron chi connectivity index (χ3n) is 5.85. The third kappa shape index (κ3) is 3.33. The summed E-state index contributed by atoms with van der Waals surface area (Å²) in [4.78, 5) is 21.0. The smallest absolute Gasteiger partial charge is 0.275 e. The first-order valence-electron chi connectivity index (χ1n) is 10.5. The molecule has 5 nitrogen and oxygen atoms in total. The Balaban J connectivity index is 1.69. The van der Waals surface area contributed by atoms with Gasteiger partial charge in [-0.15, -0.1) is 0 Å². The molecule has 0 atom stereocenters. The van der Waals surface area contributed by atoms with E-state index in [0.29, 0.717) is 12.2 Å². The Morgan fingerprint density at radius 2 is 1.74 bits per heavy atom. The Morgan fingerprint density at radius 1 is 0.968 bits per heavy atom. The zero-order valence-corrected chi connectivity index (χ0v) is 17.4. The van der Waals surface area contributed by atoms with E-state index in [9.17, 15) is 4.79 Å². The minimum absolute atomic E-state index is 0.178. The van der Waals surface area contributed by atoms with Gasteiger partial charge in [-0.05, 0) is 49.2 Å². The molecule has 0 radical (unpaired) electrons. The lowest BCUT2D eigenvalue weighted by molar-refractivity contribution is 0.657. The monoisotopic (exact) mass is 408 g/mol. The minimum atomic E-state index is -0.178. The highest BCUT2D eigenvalue weighted by molar-refractivity contribution is 5.98. The quantitative estimate of drug-likeness (QED) is 0.436. The summed E-state index contributed by atoms with van der Waals surface area (Å²) in [7, 11) is 0. The number of aryl methyl sites for hydroxylation is 1. The number of fused-ring (bicyclic) bond motifs is 2. The second-order valence-corrected chi connectivity index (χ2v) is 7.78. The van der Waals surface area contributed by atoms with Crippen LogP contribution in [-0.2, 0) is 6.54 Å². The number of benzene rings is 3. The Kier molecular flexibility index (Phi) is 4.88. The number of rotatable bonds is 5. The molecule has 0 bridgehead atoms. The minimum Gasteiger partial charge on any atom is -0.344 e. The summed E-state index contributed by atoms with van der Waals surface area (Å²) in [6.45, 7) is 3.49. The fraction of sp³-hybridized carbons (Fsp3) is 0.154. The van der Waals surface area contributed by atoms with E-state index in [0.717, 1.165) is 57.3 Å². The van der Waals surface area contributed by atoms with E-state index in [1.807, 2.05) is 48.5 Å². The van der Waals surface area contributed by atoms with Crippen molar-refractivity contribution < 1.29 is 0 Å². The van der Waals surface area contributed by atoms with Crippen molar-refractivity contribution in [1.82, 2.24) is 14.5 Å². The van der Waals surface area contributed by atoms with E-state index in [2.05, 4.69) is 40.7 Å². The number of nitrogens with two attached hydrogens (primary N) is 1. The molecular weight excluding hydrogens is 384 g/mol. The molecule has 0 saturated carbocycles. The van der Waals surface area contributed by atoms with Gasteiger partial charge in [0.15, 0.2) is 0 Å². The average molecular weight is 409 g/mol. The van der Waals surface area contributed by atoms with Crippen molar-refractivity contribution in [2.75, 3.05) is 6.54 Å². The molecule has 5 aromatic rings. The molecule has 0 unspecified atom stereocenters. The second-order valence-electron chi connectivity index (χ2n) is 7.78. The van der Waals surface area contributed by atoms with Gasteiger partial charge in [0, 0.05) is 28.7 Å². The number of nitrogens with zero attached hydrogens (tertiary/aromatic N) is 2. The Morgan fingerprint density at radius 3 is 2.55 bits per heavy atom. The van der Waals surface area contributed by atoms with Crippen LogP contribution in [-0.4, -0.2) is 21.1 Å². The van der Waals surface area contributed by atoms with Crippen LogP contribution in [0, 0.1) is 6.92 Å². The van der Waals surface area contributed by atoms with Gasteiger partial charge in [0.1, 0.15) is 5.69 Å². The molecule has 5 rings (SSSR count). The van der Waals surface area contributed by atoms with Crippen molar-refractivity contribution in [1.29, 1.82) is 0 Å². The van der Waals surface area contributed by atoms with E-state index >= 15 is 0 Å². The number of hydrogen-bond donors (Lipinski definition) is 2. The van der Waals surface area contributed by atoms with Gasteiger partial charge in [-0.3, -0.25) is 4.79 Å². The summed E-state index contributed by atoms with van der Waals surface area (Å²) in [5, 5.41) is 1.04. The highest BCUT2D eigenvalue weighted by Crippen LogP contribution is 2.33. The molecule has 0 aliphatic carbocycles. The maximum atomic E-state index is 13.2. The average Bonchev–Trinajstić information content (AvgIpc) is 3.08. The van der Waals surface area contributed by atoms with Crippen molar-refractivity contribution >= 4 is 21.9 Å². The lowest BCUT2D eigenvalue weighted by Gasteiger charge is -2.08. The molecule has 2 heterocycles. The van der Waals surface area contributed by atoms with Gasteiger partial charge in [-0.1, -0.05) is 54.6 Å². The largest absolute Gasteiger partial charge is 0.344 e. The van der Waals surface area contributed by atoms with Crippen molar-refractivity contribution in [3.63, 3.8) is 0 Å². The summed E-state index contributed by atoms with van der Waals surface area (Å²) < 4.78 is 2.24. The zero-order valence-electron chi connectivity index (χ0n) is 17.4. The molecule has 0 fully saturated rings. The predicted octanol–water partition coefficient (Wildman–Crippen LogP) is 4.87. The van der Waals surface area contributed by atoms with Gasteiger partial charge in [0.2, 0.25) is 0 Å². The van der Waals surface area contributed by atoms with Crippen molar-refractivity contribution in [2.24, 2.45) is 5.73 Å².